The first kappa shape index (κ1) is 25.0. The quantitative estimate of drug-likeness (QED) is 0.250. The average molecular weight is 449 g/mol. The molecule has 0 saturated heterocycles. The number of esters is 1. The van der Waals surface area contributed by atoms with Gasteiger partial charge in [-0.15, -0.1) is 0 Å². The molecule has 0 saturated carbocycles. The van der Waals surface area contributed by atoms with Gasteiger partial charge in [0.15, 0.2) is 0 Å². The number of ether oxygens (including phenoxy) is 3. The summed E-state index contributed by atoms with van der Waals surface area (Å²) in [6.07, 6.45) is -0.128. The monoisotopic (exact) mass is 449 g/mol. The molecule has 0 aliphatic heterocycles. The Hall–Kier alpha value is -3.24. The minimum absolute atomic E-state index is 0.0657. The van der Waals surface area contributed by atoms with E-state index in [-0.39, 0.29) is 44.3 Å². The Morgan fingerprint density at radius 3 is 2.69 bits per heavy atom. The number of fused-ring (bicyclic) bond motifs is 1. The Labute approximate surface area is 184 Å². The van der Waals surface area contributed by atoms with E-state index < -0.39 is 23.5 Å². The molecule has 1 aromatic heterocycles. The Kier molecular flexibility index (Phi) is 10.3. The van der Waals surface area contributed by atoms with Crippen LogP contribution in [0.25, 0.3) is 11.0 Å². The first-order valence-corrected chi connectivity index (χ1v) is 10.2. The van der Waals surface area contributed by atoms with E-state index in [9.17, 15) is 19.2 Å². The molecule has 1 unspecified atom stereocenters. The lowest BCUT2D eigenvalue weighted by molar-refractivity contribution is -0.148. The molecule has 174 valence electrons. The molecule has 1 heterocycles. The molecule has 2 rings (SSSR count). The fraction of sp³-hybridized carbons (Fsp3) is 0.455. The summed E-state index contributed by atoms with van der Waals surface area (Å²) in [6, 6.07) is 8.44. The second kappa shape index (κ2) is 13.2. The van der Waals surface area contributed by atoms with Crippen molar-refractivity contribution in [2.75, 3.05) is 33.0 Å². The zero-order valence-corrected chi connectivity index (χ0v) is 17.8. The van der Waals surface area contributed by atoms with Crippen molar-refractivity contribution in [3.05, 3.63) is 46.3 Å². The lowest BCUT2D eigenvalue weighted by atomic mass is 10.2. The Morgan fingerprint density at radius 1 is 1.12 bits per heavy atom. The molecular weight excluding hydrogens is 422 g/mol. The van der Waals surface area contributed by atoms with E-state index in [0.29, 0.717) is 30.6 Å². The number of amides is 1. The second-order valence-electron chi connectivity index (χ2n) is 6.97. The van der Waals surface area contributed by atoms with Gasteiger partial charge < -0.3 is 29.1 Å². The van der Waals surface area contributed by atoms with Crippen LogP contribution in [0.2, 0.25) is 0 Å². The average Bonchev–Trinajstić information content (AvgIpc) is 2.76. The van der Waals surface area contributed by atoms with Crippen LogP contribution in [0, 0.1) is 0 Å². The molecule has 1 aromatic carbocycles. The van der Waals surface area contributed by atoms with Gasteiger partial charge in [0, 0.05) is 18.4 Å². The highest BCUT2D eigenvalue weighted by Crippen LogP contribution is 2.12. The van der Waals surface area contributed by atoms with Crippen molar-refractivity contribution < 1.29 is 38.1 Å². The van der Waals surface area contributed by atoms with Gasteiger partial charge in [0.05, 0.1) is 45.4 Å². The second-order valence-corrected chi connectivity index (χ2v) is 6.97. The van der Waals surface area contributed by atoms with E-state index in [1.54, 1.807) is 24.3 Å². The molecule has 0 radical (unpaired) electrons. The summed E-state index contributed by atoms with van der Waals surface area (Å²) in [6.45, 7) is 3.07. The molecule has 2 N–H and O–H groups in total. The van der Waals surface area contributed by atoms with Crippen molar-refractivity contribution in [3.8, 4) is 0 Å². The predicted octanol–water partition coefficient (Wildman–Crippen LogP) is 1.74. The molecule has 32 heavy (non-hydrogen) atoms. The topological polar surface area (TPSA) is 141 Å². The van der Waals surface area contributed by atoms with Crippen LogP contribution < -0.4 is 10.9 Å². The standard InChI is InChI=1S/C22H27NO9/c1-15(30-10-4-11-31-20(26)8-7-19(24)25)14-29-12-9-23-21(27)17-13-16-5-2-3-6-18(16)32-22(17)28/h2-3,5-6,13,15H,4,7-12,14H2,1H3,(H,23,27)(H,24,25). The predicted molar refractivity (Wildman–Crippen MR) is 113 cm³/mol. The van der Waals surface area contributed by atoms with Crippen molar-refractivity contribution in [3.63, 3.8) is 0 Å². The summed E-state index contributed by atoms with van der Waals surface area (Å²) >= 11 is 0. The number of para-hydroxylation sites is 1. The minimum atomic E-state index is -1.04. The number of nitrogens with one attached hydrogen (secondary N) is 1. The lowest BCUT2D eigenvalue weighted by Crippen LogP contribution is -2.31. The van der Waals surface area contributed by atoms with Crippen molar-refractivity contribution in [1.82, 2.24) is 5.32 Å². The molecule has 0 aliphatic rings. The first-order valence-electron chi connectivity index (χ1n) is 10.2. The normalized spacial score (nSPS) is 11.8. The maximum absolute atomic E-state index is 12.2. The van der Waals surface area contributed by atoms with E-state index in [1.807, 2.05) is 6.92 Å². The first-order chi connectivity index (χ1) is 15.4. The van der Waals surface area contributed by atoms with E-state index in [2.05, 4.69) is 5.32 Å². The molecule has 0 bridgehead atoms. The van der Waals surface area contributed by atoms with Gasteiger partial charge in [-0.3, -0.25) is 14.4 Å². The molecule has 10 nitrogen and oxygen atoms in total. The maximum atomic E-state index is 12.2. The Bertz CT molecular complexity index is 969. The van der Waals surface area contributed by atoms with Gasteiger partial charge in [0.1, 0.15) is 11.1 Å². The smallest absolute Gasteiger partial charge is 0.349 e. The third-order valence-electron chi connectivity index (χ3n) is 4.27. The summed E-state index contributed by atoms with van der Waals surface area (Å²) in [4.78, 5) is 45.8. The summed E-state index contributed by atoms with van der Waals surface area (Å²) in [5, 5.41) is 11.8. The van der Waals surface area contributed by atoms with Crippen molar-refractivity contribution in [2.24, 2.45) is 0 Å². The van der Waals surface area contributed by atoms with Crippen LogP contribution in [0.3, 0.4) is 0 Å². The van der Waals surface area contributed by atoms with Crippen LogP contribution in [0.1, 0.15) is 36.5 Å². The zero-order valence-electron chi connectivity index (χ0n) is 17.8. The van der Waals surface area contributed by atoms with Crippen LogP contribution in [0.15, 0.2) is 39.5 Å². The number of benzene rings is 1. The number of carboxylic acids is 1. The van der Waals surface area contributed by atoms with Crippen LogP contribution in [-0.4, -0.2) is 62.0 Å². The summed E-state index contributed by atoms with van der Waals surface area (Å²) in [5.74, 6) is -2.12. The number of carboxylic acid groups (broad SMARTS) is 1. The number of carbonyl (C=O) groups excluding carboxylic acids is 2. The van der Waals surface area contributed by atoms with E-state index in [0.717, 1.165) is 0 Å². The minimum Gasteiger partial charge on any atom is -0.481 e. The van der Waals surface area contributed by atoms with Crippen LogP contribution in [0.4, 0.5) is 0 Å². The van der Waals surface area contributed by atoms with E-state index in [1.165, 1.54) is 6.07 Å². The number of rotatable bonds is 14. The Morgan fingerprint density at radius 2 is 1.91 bits per heavy atom. The van der Waals surface area contributed by atoms with Crippen LogP contribution in [0.5, 0.6) is 0 Å². The van der Waals surface area contributed by atoms with Gasteiger partial charge in [-0.25, -0.2) is 4.79 Å². The summed E-state index contributed by atoms with van der Waals surface area (Å²) in [5.41, 5.74) is -0.344. The highest BCUT2D eigenvalue weighted by Gasteiger charge is 2.13. The molecule has 10 heteroatoms. The zero-order chi connectivity index (χ0) is 23.3. The third kappa shape index (κ3) is 8.86. The lowest BCUT2D eigenvalue weighted by Gasteiger charge is -2.14. The molecule has 2 aromatic rings. The van der Waals surface area contributed by atoms with Gasteiger partial charge in [-0.1, -0.05) is 18.2 Å². The molecule has 0 spiro atoms. The maximum Gasteiger partial charge on any atom is 0.349 e. The van der Waals surface area contributed by atoms with Crippen LogP contribution >= 0.6 is 0 Å². The van der Waals surface area contributed by atoms with Gasteiger partial charge in [-0.05, 0) is 19.1 Å². The molecule has 1 atom stereocenters. The highest BCUT2D eigenvalue weighted by molar-refractivity contribution is 5.96. The number of hydrogen-bond acceptors (Lipinski definition) is 8. The van der Waals surface area contributed by atoms with Gasteiger partial charge in [0.25, 0.3) is 5.91 Å². The van der Waals surface area contributed by atoms with Gasteiger partial charge in [0.2, 0.25) is 0 Å². The molecular formula is C22H27NO9. The largest absolute Gasteiger partial charge is 0.481 e. The Balaban J connectivity index is 1.55. The van der Waals surface area contributed by atoms with Gasteiger partial charge in [-0.2, -0.15) is 0 Å². The fourth-order valence-corrected chi connectivity index (χ4v) is 2.66. The fourth-order valence-electron chi connectivity index (χ4n) is 2.66. The van der Waals surface area contributed by atoms with E-state index in [4.69, 9.17) is 23.7 Å². The molecule has 0 aliphatic carbocycles. The van der Waals surface area contributed by atoms with Crippen molar-refractivity contribution in [2.45, 2.75) is 32.3 Å². The number of carbonyl (C=O) groups is 3. The number of aliphatic carboxylic acids is 1. The van der Waals surface area contributed by atoms with Crippen molar-refractivity contribution in [1.29, 1.82) is 0 Å². The molecule has 1 amide bonds. The third-order valence-corrected chi connectivity index (χ3v) is 4.27. The number of hydrogen-bond donors (Lipinski definition) is 2. The molecule has 0 fully saturated rings. The summed E-state index contributed by atoms with van der Waals surface area (Å²) in [7, 11) is 0. The summed E-state index contributed by atoms with van der Waals surface area (Å²) < 4.78 is 21.0. The van der Waals surface area contributed by atoms with Crippen LogP contribution in [-0.2, 0) is 23.8 Å². The SMILES string of the molecule is CC(COCCNC(=O)c1cc2ccccc2oc1=O)OCCCOC(=O)CCC(=O)O. The van der Waals surface area contributed by atoms with Gasteiger partial charge >= 0.3 is 17.6 Å². The van der Waals surface area contributed by atoms with E-state index >= 15 is 0 Å². The van der Waals surface area contributed by atoms with Crippen molar-refractivity contribution >= 4 is 28.8 Å². The highest BCUT2D eigenvalue weighted by atomic mass is 16.5.